The summed E-state index contributed by atoms with van der Waals surface area (Å²) in [6.45, 7) is 1.92. The number of allylic oxidation sites excluding steroid dienone is 3. The summed E-state index contributed by atoms with van der Waals surface area (Å²) in [5, 5.41) is 9.79. The number of amides is 1. The first-order chi connectivity index (χ1) is 16.5. The van der Waals surface area contributed by atoms with Crippen molar-refractivity contribution in [2.45, 2.75) is 24.7 Å². The van der Waals surface area contributed by atoms with Crippen molar-refractivity contribution in [3.8, 4) is 11.8 Å². The molecule has 1 aromatic carbocycles. The highest BCUT2D eigenvalue weighted by Crippen LogP contribution is 2.46. The fourth-order valence-electron chi connectivity index (χ4n) is 4.61. The van der Waals surface area contributed by atoms with Gasteiger partial charge in [0.15, 0.2) is 5.78 Å². The van der Waals surface area contributed by atoms with E-state index in [1.54, 1.807) is 41.5 Å². The maximum absolute atomic E-state index is 13.2. The molecule has 5 rings (SSSR count). The second-order valence-corrected chi connectivity index (χ2v) is 8.34. The third-order valence-corrected chi connectivity index (χ3v) is 6.29. The molecule has 1 saturated heterocycles. The van der Waals surface area contributed by atoms with Crippen LogP contribution in [-0.2, 0) is 14.3 Å². The number of ether oxygens (including phenoxy) is 3. The molecule has 2 aromatic rings. The van der Waals surface area contributed by atoms with Gasteiger partial charge in [0.25, 0.3) is 0 Å². The van der Waals surface area contributed by atoms with Gasteiger partial charge in [0, 0.05) is 37.4 Å². The number of ketones is 1. The average Bonchev–Trinajstić information content (AvgIpc) is 3.39. The Hall–Kier alpha value is -4.03. The average molecular weight is 461 g/mol. The Balaban J connectivity index is 1.41. The summed E-state index contributed by atoms with van der Waals surface area (Å²) in [6, 6.07) is 12.5. The molecular formula is C25H23N3O6. The van der Waals surface area contributed by atoms with Crippen LogP contribution in [0.3, 0.4) is 0 Å². The quantitative estimate of drug-likeness (QED) is 0.737. The van der Waals surface area contributed by atoms with Crippen LogP contribution < -0.4 is 10.5 Å². The summed E-state index contributed by atoms with van der Waals surface area (Å²) in [6.07, 6.45) is 1.82. The number of hydrogen-bond acceptors (Lipinski definition) is 8. The molecule has 0 bridgehead atoms. The van der Waals surface area contributed by atoms with E-state index in [9.17, 15) is 14.9 Å². The minimum absolute atomic E-state index is 0.0121. The second kappa shape index (κ2) is 9.08. The predicted molar refractivity (Wildman–Crippen MR) is 118 cm³/mol. The van der Waals surface area contributed by atoms with E-state index >= 15 is 0 Å². The van der Waals surface area contributed by atoms with Crippen molar-refractivity contribution in [2.24, 2.45) is 5.73 Å². The van der Waals surface area contributed by atoms with Gasteiger partial charge in [-0.1, -0.05) is 12.1 Å². The summed E-state index contributed by atoms with van der Waals surface area (Å²) in [7, 11) is 0. The zero-order chi connectivity index (χ0) is 23.7. The van der Waals surface area contributed by atoms with Crippen molar-refractivity contribution in [3.63, 3.8) is 0 Å². The highest BCUT2D eigenvalue weighted by Gasteiger charge is 2.41. The molecule has 34 heavy (non-hydrogen) atoms. The molecule has 9 nitrogen and oxygen atoms in total. The molecule has 0 saturated carbocycles. The molecule has 2 N–H and O–H groups in total. The fraction of sp³-hybridized carbons (Fsp3) is 0.320. The van der Waals surface area contributed by atoms with E-state index in [-0.39, 0.29) is 29.6 Å². The molecule has 174 valence electrons. The number of nitrogens with two attached hydrogens (primary N) is 1. The SMILES string of the molecule is N#CC1=C(N)OC2=C(C(=O)C[C@@H](c3ccco3)C2)[C@H]1c1ccc(OC(=O)N2CCOCC2)cc1. The van der Waals surface area contributed by atoms with Crippen LogP contribution in [0, 0.1) is 11.3 Å². The zero-order valence-corrected chi connectivity index (χ0v) is 18.4. The van der Waals surface area contributed by atoms with Crippen molar-refractivity contribution in [3.05, 3.63) is 76.8 Å². The first-order valence-electron chi connectivity index (χ1n) is 11.1. The highest BCUT2D eigenvalue weighted by molar-refractivity contribution is 6.00. The van der Waals surface area contributed by atoms with Gasteiger partial charge in [-0.2, -0.15) is 5.26 Å². The van der Waals surface area contributed by atoms with E-state index < -0.39 is 12.0 Å². The molecule has 3 aliphatic rings. The Kier molecular flexibility index (Phi) is 5.82. The maximum atomic E-state index is 13.2. The van der Waals surface area contributed by atoms with E-state index in [4.69, 9.17) is 24.4 Å². The first kappa shape index (κ1) is 21.8. The summed E-state index contributed by atoms with van der Waals surface area (Å²) >= 11 is 0. The van der Waals surface area contributed by atoms with Crippen LogP contribution in [-0.4, -0.2) is 43.1 Å². The molecule has 0 unspecified atom stereocenters. The van der Waals surface area contributed by atoms with Crippen molar-refractivity contribution in [1.29, 1.82) is 5.26 Å². The lowest BCUT2D eigenvalue weighted by Crippen LogP contribution is -2.42. The van der Waals surface area contributed by atoms with Crippen molar-refractivity contribution >= 4 is 11.9 Å². The minimum atomic E-state index is -0.650. The molecule has 2 aliphatic heterocycles. The van der Waals surface area contributed by atoms with Crippen molar-refractivity contribution < 1.29 is 28.2 Å². The van der Waals surface area contributed by atoms with Crippen LogP contribution in [0.5, 0.6) is 5.75 Å². The lowest BCUT2D eigenvalue weighted by molar-refractivity contribution is -0.117. The molecule has 3 heterocycles. The fourth-order valence-corrected chi connectivity index (χ4v) is 4.61. The number of nitrogens with zero attached hydrogens (tertiary/aromatic N) is 2. The van der Waals surface area contributed by atoms with Crippen LogP contribution in [0.25, 0.3) is 0 Å². The van der Waals surface area contributed by atoms with Crippen molar-refractivity contribution in [2.75, 3.05) is 26.3 Å². The standard InChI is InChI=1S/C25H23N3O6/c26-14-18-22(15-3-5-17(6-4-15)33-25(30)28-7-10-31-11-8-28)23-19(29)12-16(20-2-1-9-32-20)13-21(23)34-24(18)27/h1-6,9,16,22H,7-8,10-13,27H2/t16-,22+/m1/s1. The van der Waals surface area contributed by atoms with Crippen LogP contribution in [0.15, 0.2) is 69.9 Å². The van der Waals surface area contributed by atoms with Crippen LogP contribution in [0.4, 0.5) is 4.79 Å². The third-order valence-electron chi connectivity index (χ3n) is 6.29. The van der Waals surface area contributed by atoms with Crippen LogP contribution in [0.1, 0.15) is 36.0 Å². The number of Topliss-reactive ketones (excluding diaryl/α,β-unsaturated/α-hetero) is 1. The molecule has 9 heteroatoms. The summed E-state index contributed by atoms with van der Waals surface area (Å²) < 4.78 is 22.0. The van der Waals surface area contributed by atoms with Gasteiger partial charge in [0.05, 0.1) is 25.4 Å². The number of nitriles is 1. The van der Waals surface area contributed by atoms with Gasteiger partial charge in [-0.05, 0) is 29.8 Å². The number of hydrogen-bond donors (Lipinski definition) is 1. The molecule has 0 radical (unpaired) electrons. The van der Waals surface area contributed by atoms with Gasteiger partial charge in [-0.25, -0.2) is 4.79 Å². The Morgan fingerprint density at radius 2 is 1.91 bits per heavy atom. The molecule has 0 spiro atoms. The monoisotopic (exact) mass is 461 g/mol. The van der Waals surface area contributed by atoms with E-state index in [0.717, 1.165) is 0 Å². The van der Waals surface area contributed by atoms with Gasteiger partial charge >= 0.3 is 6.09 Å². The van der Waals surface area contributed by atoms with Crippen LogP contribution >= 0.6 is 0 Å². The number of benzene rings is 1. The van der Waals surface area contributed by atoms with Gasteiger partial charge in [-0.15, -0.1) is 0 Å². The van der Waals surface area contributed by atoms with Gasteiger partial charge in [0.2, 0.25) is 5.88 Å². The molecule has 1 aliphatic carbocycles. The third kappa shape index (κ3) is 4.04. The van der Waals surface area contributed by atoms with Crippen molar-refractivity contribution in [1.82, 2.24) is 4.90 Å². The van der Waals surface area contributed by atoms with Gasteiger partial charge in [-0.3, -0.25) is 4.79 Å². The number of rotatable bonds is 3. The Labute approximate surface area is 196 Å². The van der Waals surface area contributed by atoms with E-state index in [2.05, 4.69) is 6.07 Å². The second-order valence-electron chi connectivity index (χ2n) is 8.34. The number of morpholine rings is 1. The largest absolute Gasteiger partial charge is 0.469 e. The first-order valence-corrected chi connectivity index (χ1v) is 11.1. The minimum Gasteiger partial charge on any atom is -0.469 e. The highest BCUT2D eigenvalue weighted by atomic mass is 16.6. The van der Waals surface area contributed by atoms with Gasteiger partial charge < -0.3 is 29.3 Å². The molecule has 1 fully saturated rings. The van der Waals surface area contributed by atoms with E-state index in [1.165, 1.54) is 0 Å². The number of carbonyl (C=O) groups is 2. The number of carbonyl (C=O) groups excluding carboxylic acids is 2. The topological polar surface area (TPSA) is 128 Å². The predicted octanol–water partition coefficient (Wildman–Crippen LogP) is 3.32. The summed E-state index contributed by atoms with van der Waals surface area (Å²) in [5.41, 5.74) is 7.40. The molecule has 1 aromatic heterocycles. The summed E-state index contributed by atoms with van der Waals surface area (Å²) in [4.78, 5) is 27.2. The Morgan fingerprint density at radius 3 is 2.59 bits per heavy atom. The molecular weight excluding hydrogens is 438 g/mol. The number of furan rings is 1. The Bertz CT molecular complexity index is 1200. The molecule has 1 amide bonds. The zero-order valence-electron chi connectivity index (χ0n) is 18.4. The van der Waals surface area contributed by atoms with Gasteiger partial charge in [0.1, 0.15) is 28.9 Å². The molecule has 2 atom stereocenters. The lowest BCUT2D eigenvalue weighted by atomic mass is 9.74. The normalized spacial score (nSPS) is 22.7. The smallest absolute Gasteiger partial charge is 0.415 e. The maximum Gasteiger partial charge on any atom is 0.415 e. The van der Waals surface area contributed by atoms with E-state index in [1.807, 2.05) is 6.07 Å². The Morgan fingerprint density at radius 1 is 1.15 bits per heavy atom. The lowest BCUT2D eigenvalue weighted by Gasteiger charge is -2.33. The summed E-state index contributed by atoms with van der Waals surface area (Å²) in [5.74, 6) is 0.604. The van der Waals surface area contributed by atoms with E-state index in [0.29, 0.717) is 61.1 Å². The van der Waals surface area contributed by atoms with Crippen LogP contribution in [0.2, 0.25) is 0 Å².